The monoisotopic (exact) mass is 190 g/mol. The molecular weight excluding hydrogens is 176 g/mol. The van der Waals surface area contributed by atoms with E-state index in [1.54, 1.807) is 0 Å². The topological polar surface area (TPSA) is 26.3 Å². The molecule has 2 nitrogen and oxygen atoms in total. The van der Waals surface area contributed by atoms with E-state index in [1.165, 1.54) is 11.6 Å². The molecule has 0 bridgehead atoms. The highest BCUT2D eigenvalue weighted by atomic mass is 16.5. The van der Waals surface area contributed by atoms with Gasteiger partial charge >= 0.3 is 0 Å². The first-order valence-corrected chi connectivity index (χ1v) is 4.57. The number of aryl methyl sites for hydroxylation is 1. The van der Waals surface area contributed by atoms with Gasteiger partial charge in [-0.3, -0.25) is 4.79 Å². The van der Waals surface area contributed by atoms with E-state index in [4.69, 9.17) is 4.74 Å². The summed E-state index contributed by atoms with van der Waals surface area (Å²) >= 11 is 0. The van der Waals surface area contributed by atoms with Gasteiger partial charge in [-0.25, -0.2) is 0 Å². The summed E-state index contributed by atoms with van der Waals surface area (Å²) in [6.07, 6.45) is 1.70. The van der Waals surface area contributed by atoms with Crippen molar-refractivity contribution in [3.63, 3.8) is 0 Å². The second kappa shape index (κ2) is 5.22. The van der Waals surface area contributed by atoms with Crippen molar-refractivity contribution in [3.05, 3.63) is 42.5 Å². The molecule has 0 N–H and O–H groups in total. The maximum absolute atomic E-state index is 10.9. The predicted octanol–water partition coefficient (Wildman–Crippen LogP) is 2.52. The molecule has 2 heteroatoms. The zero-order valence-corrected chi connectivity index (χ0v) is 8.32. The van der Waals surface area contributed by atoms with Gasteiger partial charge in [0.25, 0.3) is 0 Å². The molecular formula is C12H14O2. The van der Waals surface area contributed by atoms with Crippen molar-refractivity contribution in [1.82, 2.24) is 0 Å². The Morgan fingerprint density at radius 2 is 2.07 bits per heavy atom. The molecule has 0 aliphatic carbocycles. The molecule has 0 unspecified atom stereocenters. The summed E-state index contributed by atoms with van der Waals surface area (Å²) in [6, 6.07) is 7.75. The molecule has 0 saturated carbocycles. The Hall–Kier alpha value is -1.57. The Balaban J connectivity index is 2.35. The van der Waals surface area contributed by atoms with Crippen LogP contribution in [0.15, 0.2) is 36.9 Å². The molecule has 0 heterocycles. The first kappa shape index (κ1) is 10.5. The van der Waals surface area contributed by atoms with E-state index < -0.39 is 0 Å². The summed E-state index contributed by atoms with van der Waals surface area (Å²) < 4.78 is 5.36. The number of carbonyl (C=O) groups excluding carboxylic acids is 1. The third-order valence-electron chi connectivity index (χ3n) is 1.87. The molecule has 1 aromatic carbocycles. The third-order valence-corrected chi connectivity index (χ3v) is 1.87. The highest BCUT2D eigenvalue weighted by molar-refractivity contribution is 5.89. The van der Waals surface area contributed by atoms with Gasteiger partial charge in [0.05, 0.1) is 6.61 Å². The van der Waals surface area contributed by atoms with Crippen molar-refractivity contribution in [3.8, 4) is 5.75 Å². The summed E-state index contributed by atoms with van der Waals surface area (Å²) in [4.78, 5) is 10.9. The van der Waals surface area contributed by atoms with Crippen LogP contribution in [0.25, 0.3) is 0 Å². The molecule has 1 rings (SSSR count). The first-order chi connectivity index (χ1) is 6.72. The van der Waals surface area contributed by atoms with E-state index >= 15 is 0 Å². The van der Waals surface area contributed by atoms with Gasteiger partial charge in [0.2, 0.25) is 0 Å². The number of ketones is 1. The van der Waals surface area contributed by atoms with E-state index in [0.717, 1.165) is 5.75 Å². The minimum Gasteiger partial charge on any atom is -0.493 e. The van der Waals surface area contributed by atoms with Crippen LogP contribution in [0, 0.1) is 6.92 Å². The maximum Gasteiger partial charge on any atom is 0.158 e. The fourth-order valence-corrected chi connectivity index (χ4v) is 1.01. The summed E-state index contributed by atoms with van der Waals surface area (Å²) in [5, 5.41) is 0. The molecule has 0 aromatic heterocycles. The van der Waals surface area contributed by atoms with Crippen molar-refractivity contribution < 1.29 is 9.53 Å². The van der Waals surface area contributed by atoms with Crippen molar-refractivity contribution in [2.24, 2.45) is 0 Å². The summed E-state index contributed by atoms with van der Waals surface area (Å²) in [6.45, 7) is 5.82. The lowest BCUT2D eigenvalue weighted by Gasteiger charge is -2.04. The van der Waals surface area contributed by atoms with Gasteiger partial charge in [-0.1, -0.05) is 24.3 Å². The Morgan fingerprint density at radius 1 is 1.43 bits per heavy atom. The molecule has 1 aromatic rings. The second-order valence-electron chi connectivity index (χ2n) is 3.08. The summed E-state index contributed by atoms with van der Waals surface area (Å²) in [5.41, 5.74) is 1.19. The molecule has 0 amide bonds. The van der Waals surface area contributed by atoms with Crippen LogP contribution in [0.5, 0.6) is 5.75 Å². The number of ether oxygens (including phenoxy) is 1. The van der Waals surface area contributed by atoms with Crippen LogP contribution in [-0.2, 0) is 4.79 Å². The van der Waals surface area contributed by atoms with Gasteiger partial charge in [0.15, 0.2) is 5.78 Å². The van der Waals surface area contributed by atoms with Gasteiger partial charge in [-0.05, 0) is 25.1 Å². The van der Waals surface area contributed by atoms with Crippen LogP contribution in [0.4, 0.5) is 0 Å². The number of allylic oxidation sites excluding steroid dienone is 1. The highest BCUT2D eigenvalue weighted by Crippen LogP contribution is 2.11. The number of hydrogen-bond donors (Lipinski definition) is 0. The minimum absolute atomic E-state index is 0.0112. The van der Waals surface area contributed by atoms with Crippen LogP contribution in [0.1, 0.15) is 12.0 Å². The van der Waals surface area contributed by atoms with Crippen molar-refractivity contribution in [2.45, 2.75) is 13.3 Å². The van der Waals surface area contributed by atoms with E-state index in [-0.39, 0.29) is 5.78 Å². The smallest absolute Gasteiger partial charge is 0.158 e. The molecule has 0 fully saturated rings. The highest BCUT2D eigenvalue weighted by Gasteiger charge is 1.96. The first-order valence-electron chi connectivity index (χ1n) is 4.57. The third kappa shape index (κ3) is 3.44. The minimum atomic E-state index is 0.0112. The summed E-state index contributed by atoms with van der Waals surface area (Å²) in [7, 11) is 0. The van der Waals surface area contributed by atoms with Crippen molar-refractivity contribution >= 4 is 5.78 Å². The van der Waals surface area contributed by atoms with Crippen LogP contribution in [0.3, 0.4) is 0 Å². The lowest BCUT2D eigenvalue weighted by atomic mass is 10.2. The number of rotatable bonds is 5. The van der Waals surface area contributed by atoms with E-state index in [2.05, 4.69) is 6.58 Å². The largest absolute Gasteiger partial charge is 0.493 e. The Labute approximate surface area is 84.2 Å². The number of benzene rings is 1. The van der Waals surface area contributed by atoms with Gasteiger partial charge < -0.3 is 4.74 Å². The van der Waals surface area contributed by atoms with Gasteiger partial charge in [0, 0.05) is 6.42 Å². The standard InChI is InChI=1S/C12H14O2/c1-3-11(13)8-9-14-12-6-4-10(2)5-7-12/h3-7H,1,8-9H2,2H3. The second-order valence-corrected chi connectivity index (χ2v) is 3.08. The van der Waals surface area contributed by atoms with E-state index in [9.17, 15) is 4.79 Å². The lowest BCUT2D eigenvalue weighted by Crippen LogP contribution is -2.03. The molecule has 0 aliphatic heterocycles. The average molecular weight is 190 g/mol. The fraction of sp³-hybridized carbons (Fsp3) is 0.250. The van der Waals surface area contributed by atoms with Crippen LogP contribution in [-0.4, -0.2) is 12.4 Å². The lowest BCUT2D eigenvalue weighted by molar-refractivity contribution is -0.115. The molecule has 0 aliphatic rings. The van der Waals surface area contributed by atoms with Gasteiger partial charge in [0.1, 0.15) is 5.75 Å². The zero-order chi connectivity index (χ0) is 10.4. The SMILES string of the molecule is C=CC(=O)CCOc1ccc(C)cc1. The molecule has 0 saturated heterocycles. The Morgan fingerprint density at radius 3 is 2.64 bits per heavy atom. The Bertz CT molecular complexity index is 312. The number of carbonyl (C=O) groups is 1. The molecule has 0 radical (unpaired) electrons. The van der Waals surface area contributed by atoms with Gasteiger partial charge in [-0.2, -0.15) is 0 Å². The molecule has 14 heavy (non-hydrogen) atoms. The van der Waals surface area contributed by atoms with Crippen LogP contribution < -0.4 is 4.74 Å². The zero-order valence-electron chi connectivity index (χ0n) is 8.32. The Kier molecular flexibility index (Phi) is 3.92. The average Bonchev–Trinajstić information content (AvgIpc) is 2.21. The van der Waals surface area contributed by atoms with E-state index in [0.29, 0.717) is 13.0 Å². The number of hydrogen-bond acceptors (Lipinski definition) is 2. The van der Waals surface area contributed by atoms with Crippen LogP contribution >= 0.6 is 0 Å². The van der Waals surface area contributed by atoms with Gasteiger partial charge in [-0.15, -0.1) is 0 Å². The molecule has 0 atom stereocenters. The summed E-state index contributed by atoms with van der Waals surface area (Å²) in [5.74, 6) is 0.810. The van der Waals surface area contributed by atoms with Crippen molar-refractivity contribution in [1.29, 1.82) is 0 Å². The van der Waals surface area contributed by atoms with Crippen LogP contribution in [0.2, 0.25) is 0 Å². The molecule has 74 valence electrons. The molecule has 0 spiro atoms. The quantitative estimate of drug-likeness (QED) is 0.667. The van der Waals surface area contributed by atoms with Crippen molar-refractivity contribution in [2.75, 3.05) is 6.61 Å². The van der Waals surface area contributed by atoms with E-state index in [1.807, 2.05) is 31.2 Å². The maximum atomic E-state index is 10.9. The predicted molar refractivity (Wildman–Crippen MR) is 56.5 cm³/mol. The fourth-order valence-electron chi connectivity index (χ4n) is 1.01. The normalized spacial score (nSPS) is 9.50.